The minimum Gasteiger partial charge on any atom is -0.355 e. The molecule has 1 aliphatic carbocycles. The first kappa shape index (κ1) is 38.6. The number of carbonyl (C=O) groups is 1. The summed E-state index contributed by atoms with van der Waals surface area (Å²) < 4.78 is 2.54. The van der Waals surface area contributed by atoms with Crippen LogP contribution in [-0.4, -0.2) is 42.4 Å². The van der Waals surface area contributed by atoms with Crippen LogP contribution in [0.15, 0.2) is 124 Å². The molecule has 3 aromatic carbocycles. The van der Waals surface area contributed by atoms with E-state index in [1.807, 2.05) is 11.8 Å². The number of benzene rings is 3. The number of hydrogen-bond donors (Lipinski definition) is 2. The molecule has 0 unspecified atom stereocenters. The molecule has 2 aliphatic heterocycles. The van der Waals surface area contributed by atoms with E-state index in [0.717, 1.165) is 45.2 Å². The highest BCUT2D eigenvalue weighted by Gasteiger charge is 2.44. The Hall–Kier alpha value is -4.13. The summed E-state index contributed by atoms with van der Waals surface area (Å²) >= 11 is 1.89. The number of aryl methyl sites for hydroxylation is 1. The predicted molar refractivity (Wildman–Crippen MR) is 226 cm³/mol. The van der Waals surface area contributed by atoms with E-state index in [4.69, 9.17) is 5.73 Å². The molecule has 3 N–H and O–H groups in total. The Bertz CT molecular complexity index is 1960. The number of nitrogens with zero attached hydrogens (tertiary/aromatic N) is 2. The van der Waals surface area contributed by atoms with Crippen molar-refractivity contribution < 1.29 is 9.37 Å². The van der Waals surface area contributed by atoms with Crippen LogP contribution in [0.2, 0.25) is 0 Å². The highest BCUT2D eigenvalue weighted by Crippen LogP contribution is 2.48. The van der Waals surface area contributed by atoms with E-state index < -0.39 is 0 Å². The Kier molecular flexibility index (Phi) is 12.3. The number of carbonyl (C=O) groups excluding carboxylic acids is 1. The van der Waals surface area contributed by atoms with Crippen LogP contribution < -0.4 is 16.0 Å². The van der Waals surface area contributed by atoms with Gasteiger partial charge in [0.2, 0.25) is 11.6 Å². The standard InChI is InChI=1S/C47H58N4OS/c1-7-32-50-40-18-11-9-16-38(40)46(3,4)42(50)27-23-35-14-13-15-36(24-28-43-47(5,6)39-17-10-12-19-41(39)51(43)33-8-2)45(35)53-37-25-20-34(21-26-37)22-29-44(52)49-31-30-48/h9-12,16-21,23-28H,7-8,13-15,22,29-33,48H2,1-6H3/p+1. The Morgan fingerprint density at radius 3 is 2.36 bits per heavy atom. The highest BCUT2D eigenvalue weighted by atomic mass is 32.2. The summed E-state index contributed by atoms with van der Waals surface area (Å²) in [5.41, 5.74) is 17.6. The molecule has 5 nitrogen and oxygen atoms in total. The van der Waals surface area contributed by atoms with Gasteiger partial charge in [-0.1, -0.05) is 100 Å². The number of hydrogen-bond acceptors (Lipinski definition) is 4. The van der Waals surface area contributed by atoms with Crippen molar-refractivity contribution in [2.24, 2.45) is 5.73 Å². The minimum atomic E-state index is -0.0727. The molecule has 0 fully saturated rings. The van der Waals surface area contributed by atoms with Crippen LogP contribution in [0.5, 0.6) is 0 Å². The van der Waals surface area contributed by atoms with Crippen molar-refractivity contribution in [3.05, 3.63) is 136 Å². The predicted octanol–water partition coefficient (Wildman–Crippen LogP) is 10.3. The van der Waals surface area contributed by atoms with Gasteiger partial charge in [-0.15, -0.1) is 0 Å². The average Bonchev–Trinajstić information content (AvgIpc) is 3.51. The second-order valence-corrected chi connectivity index (χ2v) is 16.7. The molecule has 53 heavy (non-hydrogen) atoms. The van der Waals surface area contributed by atoms with E-state index >= 15 is 0 Å². The lowest BCUT2D eigenvalue weighted by molar-refractivity contribution is -0.437. The number of nitrogens with one attached hydrogen (secondary N) is 1. The first-order valence-corrected chi connectivity index (χ1v) is 20.6. The molecule has 0 atom stereocenters. The SMILES string of the molecule is CCCN1/C(=C/C=C2\CCCC(/C=C/C3=[N+](CCC)c4ccccc4C3(C)C)=C2Sc2ccc(CCC(=O)NCCN)cc2)C(C)(C)c2ccccc21. The maximum atomic E-state index is 12.2. The first-order valence-electron chi connectivity index (χ1n) is 19.8. The maximum Gasteiger partial charge on any atom is 0.220 e. The third-order valence-electron chi connectivity index (χ3n) is 11.1. The van der Waals surface area contributed by atoms with Crippen molar-refractivity contribution in [3.8, 4) is 0 Å². The van der Waals surface area contributed by atoms with Crippen LogP contribution in [0, 0.1) is 0 Å². The van der Waals surface area contributed by atoms with Gasteiger partial charge in [-0.05, 0) is 92.5 Å². The van der Waals surface area contributed by atoms with Gasteiger partial charge in [0.1, 0.15) is 6.54 Å². The molecule has 0 aromatic heterocycles. The third-order valence-corrected chi connectivity index (χ3v) is 12.3. The van der Waals surface area contributed by atoms with Gasteiger partial charge in [-0.2, -0.15) is 4.58 Å². The van der Waals surface area contributed by atoms with E-state index in [0.29, 0.717) is 25.9 Å². The van der Waals surface area contributed by atoms with Crippen LogP contribution in [0.4, 0.5) is 11.4 Å². The van der Waals surface area contributed by atoms with Crippen molar-refractivity contribution in [3.63, 3.8) is 0 Å². The summed E-state index contributed by atoms with van der Waals surface area (Å²) in [6.07, 6.45) is 16.3. The van der Waals surface area contributed by atoms with Crippen LogP contribution >= 0.6 is 11.8 Å². The van der Waals surface area contributed by atoms with E-state index in [9.17, 15) is 4.79 Å². The van der Waals surface area contributed by atoms with Crippen LogP contribution in [0.3, 0.4) is 0 Å². The molecule has 0 saturated carbocycles. The number of nitrogens with two attached hydrogens (primary N) is 1. The molecule has 0 spiro atoms. The van der Waals surface area contributed by atoms with Crippen molar-refractivity contribution >= 4 is 34.8 Å². The van der Waals surface area contributed by atoms with E-state index in [1.165, 1.54) is 60.4 Å². The Balaban J connectivity index is 1.38. The molecule has 1 amide bonds. The maximum absolute atomic E-state index is 12.2. The lowest BCUT2D eigenvalue weighted by atomic mass is 9.81. The van der Waals surface area contributed by atoms with Gasteiger partial charge in [-0.25, -0.2) is 0 Å². The molecular weight excluding hydrogens is 669 g/mol. The number of thioether (sulfide) groups is 1. The van der Waals surface area contributed by atoms with E-state index in [2.05, 4.69) is 153 Å². The van der Waals surface area contributed by atoms with Crippen LogP contribution in [0.25, 0.3) is 0 Å². The molecule has 3 aromatic rings. The van der Waals surface area contributed by atoms with Crippen molar-refractivity contribution in [2.75, 3.05) is 31.1 Å². The number of fused-ring (bicyclic) bond motifs is 2. The third kappa shape index (κ3) is 8.19. The van der Waals surface area contributed by atoms with Gasteiger partial charge in [0, 0.05) is 76.8 Å². The van der Waals surface area contributed by atoms with Gasteiger partial charge >= 0.3 is 0 Å². The monoisotopic (exact) mass is 727 g/mol. The highest BCUT2D eigenvalue weighted by molar-refractivity contribution is 8.03. The first-order chi connectivity index (χ1) is 25.6. The van der Waals surface area contributed by atoms with Crippen molar-refractivity contribution in [1.82, 2.24) is 5.32 Å². The van der Waals surface area contributed by atoms with Crippen molar-refractivity contribution in [2.45, 2.75) is 102 Å². The van der Waals surface area contributed by atoms with E-state index in [1.54, 1.807) is 0 Å². The average molecular weight is 728 g/mol. The molecule has 6 heteroatoms. The molecule has 0 saturated heterocycles. The number of allylic oxidation sites excluding steroid dienone is 7. The summed E-state index contributed by atoms with van der Waals surface area (Å²) in [5, 5.41) is 2.88. The molecular formula is C47H59N4OS+. The zero-order valence-electron chi connectivity index (χ0n) is 32.8. The van der Waals surface area contributed by atoms with Crippen LogP contribution in [-0.2, 0) is 22.0 Å². The van der Waals surface area contributed by atoms with Crippen molar-refractivity contribution in [1.29, 1.82) is 0 Å². The van der Waals surface area contributed by atoms with Gasteiger partial charge < -0.3 is 16.0 Å². The minimum absolute atomic E-state index is 0.0523. The number of anilines is 1. The van der Waals surface area contributed by atoms with E-state index in [-0.39, 0.29) is 16.7 Å². The number of para-hydroxylation sites is 2. The lowest BCUT2D eigenvalue weighted by Gasteiger charge is -2.27. The van der Waals surface area contributed by atoms with Gasteiger partial charge in [0.25, 0.3) is 0 Å². The fourth-order valence-electron chi connectivity index (χ4n) is 8.32. The summed E-state index contributed by atoms with van der Waals surface area (Å²) in [7, 11) is 0. The molecule has 2 heterocycles. The topological polar surface area (TPSA) is 61.4 Å². The smallest absolute Gasteiger partial charge is 0.220 e. The second-order valence-electron chi connectivity index (χ2n) is 15.6. The molecule has 0 radical (unpaired) electrons. The second kappa shape index (κ2) is 16.9. The summed E-state index contributed by atoms with van der Waals surface area (Å²) in [6.45, 7) is 17.0. The number of amides is 1. The molecule has 3 aliphatic rings. The van der Waals surface area contributed by atoms with Crippen LogP contribution in [0.1, 0.15) is 96.8 Å². The normalized spacial score (nSPS) is 19.1. The fraction of sp³-hybridized carbons (Fsp3) is 0.404. The molecule has 278 valence electrons. The largest absolute Gasteiger partial charge is 0.355 e. The number of rotatable bonds is 14. The Labute approximate surface area is 322 Å². The van der Waals surface area contributed by atoms with Gasteiger partial charge in [0.05, 0.1) is 5.41 Å². The summed E-state index contributed by atoms with van der Waals surface area (Å²) in [6, 6.07) is 26.7. The summed E-state index contributed by atoms with van der Waals surface area (Å²) in [4.78, 5) is 17.3. The Morgan fingerprint density at radius 2 is 1.62 bits per heavy atom. The fourth-order valence-corrected chi connectivity index (χ4v) is 9.43. The quantitative estimate of drug-likeness (QED) is 0.162. The van der Waals surface area contributed by atoms with Gasteiger partial charge in [0.15, 0.2) is 5.71 Å². The molecule has 6 rings (SSSR count). The lowest BCUT2D eigenvalue weighted by Crippen LogP contribution is -2.29. The molecule has 0 bridgehead atoms. The zero-order valence-corrected chi connectivity index (χ0v) is 33.6. The Morgan fingerprint density at radius 1 is 0.887 bits per heavy atom. The summed E-state index contributed by atoms with van der Waals surface area (Å²) in [5.74, 6) is 0.0523. The van der Waals surface area contributed by atoms with Gasteiger partial charge in [-0.3, -0.25) is 4.79 Å². The zero-order chi connectivity index (χ0) is 37.6.